The van der Waals surface area contributed by atoms with Gasteiger partial charge in [-0.15, -0.1) is 11.6 Å². The molecule has 0 saturated carbocycles. The summed E-state index contributed by atoms with van der Waals surface area (Å²) in [5.41, 5.74) is 1.71. The minimum absolute atomic E-state index is 0.0694. The van der Waals surface area contributed by atoms with Crippen molar-refractivity contribution < 1.29 is 8.42 Å². The molecule has 0 fully saturated rings. The average Bonchev–Trinajstić information content (AvgIpc) is 2.73. The van der Waals surface area contributed by atoms with Crippen LogP contribution in [0.4, 0.5) is 0 Å². The monoisotopic (exact) mass is 260 g/mol. The van der Waals surface area contributed by atoms with Gasteiger partial charge in [0.15, 0.2) is 14.9 Å². The summed E-state index contributed by atoms with van der Waals surface area (Å²) >= 11 is 5.52. The Morgan fingerprint density at radius 1 is 1.31 bits per heavy atom. The minimum Gasteiger partial charge on any atom is -0.241 e. The minimum atomic E-state index is -3.28. The molecule has 0 amide bonds. The first-order chi connectivity index (χ1) is 7.65. The van der Waals surface area contributed by atoms with Gasteiger partial charge < -0.3 is 0 Å². The number of rotatable bonds is 4. The maximum Gasteiger partial charge on any atom is 0.196 e. The molecular weight excluding hydrogens is 248 g/mol. The van der Waals surface area contributed by atoms with Crippen molar-refractivity contribution in [2.24, 2.45) is 0 Å². The summed E-state index contributed by atoms with van der Waals surface area (Å²) in [5.74, 6) is 0.423. The SMILES string of the molecule is O=S(=O)(CCCCl)c1ncnc2c1CCC2. The molecule has 0 bridgehead atoms. The van der Waals surface area contributed by atoms with Gasteiger partial charge in [0.1, 0.15) is 6.33 Å². The second-order valence-electron chi connectivity index (χ2n) is 3.82. The predicted molar refractivity (Wildman–Crippen MR) is 61.4 cm³/mol. The normalized spacial score (nSPS) is 15.1. The van der Waals surface area contributed by atoms with E-state index in [9.17, 15) is 8.42 Å². The highest BCUT2D eigenvalue weighted by Gasteiger charge is 2.25. The first-order valence-corrected chi connectivity index (χ1v) is 7.45. The van der Waals surface area contributed by atoms with Crippen LogP contribution in [0.15, 0.2) is 11.4 Å². The van der Waals surface area contributed by atoms with E-state index in [1.54, 1.807) is 0 Å². The molecule has 6 heteroatoms. The highest BCUT2D eigenvalue weighted by Crippen LogP contribution is 2.25. The standard InChI is InChI=1S/C10H13ClN2O2S/c11-5-2-6-16(14,15)10-8-3-1-4-9(8)12-7-13-10/h7H,1-6H2. The molecule has 0 radical (unpaired) electrons. The summed E-state index contributed by atoms with van der Waals surface area (Å²) in [6.07, 6.45) is 4.40. The molecule has 1 heterocycles. The lowest BCUT2D eigenvalue weighted by Crippen LogP contribution is -2.12. The first kappa shape index (κ1) is 11.8. The highest BCUT2D eigenvalue weighted by atomic mass is 35.5. The van der Waals surface area contributed by atoms with Gasteiger partial charge in [-0.1, -0.05) is 0 Å². The molecule has 0 N–H and O–H groups in total. The zero-order valence-electron chi connectivity index (χ0n) is 8.82. The summed E-state index contributed by atoms with van der Waals surface area (Å²) in [5, 5.41) is 0.222. The van der Waals surface area contributed by atoms with Crippen molar-refractivity contribution in [1.82, 2.24) is 9.97 Å². The Hall–Kier alpha value is -0.680. The average molecular weight is 261 g/mol. The van der Waals surface area contributed by atoms with E-state index < -0.39 is 9.84 Å². The summed E-state index contributed by atoms with van der Waals surface area (Å²) in [6, 6.07) is 0. The fraction of sp³-hybridized carbons (Fsp3) is 0.600. The predicted octanol–water partition coefficient (Wildman–Crippen LogP) is 1.37. The molecule has 0 unspecified atom stereocenters. The van der Waals surface area contributed by atoms with Crippen LogP contribution in [0.25, 0.3) is 0 Å². The maximum atomic E-state index is 12.0. The molecule has 0 saturated heterocycles. The highest BCUT2D eigenvalue weighted by molar-refractivity contribution is 7.91. The van der Waals surface area contributed by atoms with Crippen LogP contribution in [0.3, 0.4) is 0 Å². The lowest BCUT2D eigenvalue weighted by Gasteiger charge is -2.06. The maximum absolute atomic E-state index is 12.0. The fourth-order valence-corrected chi connectivity index (χ4v) is 3.75. The van der Waals surface area contributed by atoms with Crippen LogP contribution >= 0.6 is 11.6 Å². The molecular formula is C10H13ClN2O2S. The molecule has 1 aromatic rings. The van der Waals surface area contributed by atoms with Crippen LogP contribution in [-0.4, -0.2) is 30.0 Å². The van der Waals surface area contributed by atoms with E-state index >= 15 is 0 Å². The Bertz CT molecular complexity index is 488. The molecule has 0 aliphatic heterocycles. The van der Waals surface area contributed by atoms with Crippen molar-refractivity contribution in [2.75, 3.05) is 11.6 Å². The van der Waals surface area contributed by atoms with Gasteiger partial charge in [-0.3, -0.25) is 0 Å². The number of hydrogen-bond donors (Lipinski definition) is 0. The molecule has 1 aromatic heterocycles. The number of aromatic nitrogens is 2. The van der Waals surface area contributed by atoms with Crippen LogP contribution in [0.2, 0.25) is 0 Å². The number of fused-ring (bicyclic) bond motifs is 1. The van der Waals surface area contributed by atoms with Crippen molar-refractivity contribution in [3.63, 3.8) is 0 Å². The van der Waals surface area contributed by atoms with Crippen LogP contribution < -0.4 is 0 Å². The van der Waals surface area contributed by atoms with E-state index in [2.05, 4.69) is 9.97 Å². The van der Waals surface area contributed by atoms with Crippen LogP contribution in [0.1, 0.15) is 24.1 Å². The van der Waals surface area contributed by atoms with Gasteiger partial charge in [0, 0.05) is 17.1 Å². The van der Waals surface area contributed by atoms with Gasteiger partial charge >= 0.3 is 0 Å². The first-order valence-electron chi connectivity index (χ1n) is 5.26. The second-order valence-corrected chi connectivity index (χ2v) is 6.22. The molecule has 0 atom stereocenters. The van der Waals surface area contributed by atoms with Gasteiger partial charge in [-0.2, -0.15) is 0 Å². The zero-order valence-corrected chi connectivity index (χ0v) is 10.4. The Morgan fingerprint density at radius 3 is 2.88 bits per heavy atom. The fourth-order valence-electron chi connectivity index (χ4n) is 1.94. The van der Waals surface area contributed by atoms with Crippen LogP contribution in [0.5, 0.6) is 0 Å². The second kappa shape index (κ2) is 4.67. The molecule has 1 aliphatic rings. The van der Waals surface area contributed by atoms with E-state index in [0.717, 1.165) is 30.5 Å². The number of halogens is 1. The van der Waals surface area contributed by atoms with Gasteiger partial charge in [-0.25, -0.2) is 18.4 Å². The van der Waals surface area contributed by atoms with Gasteiger partial charge in [0.25, 0.3) is 0 Å². The molecule has 0 spiro atoms. The Labute approximate surface area is 100.0 Å². The summed E-state index contributed by atoms with van der Waals surface area (Å²) in [4.78, 5) is 8.04. The van der Waals surface area contributed by atoms with Crippen molar-refractivity contribution in [3.05, 3.63) is 17.6 Å². The van der Waals surface area contributed by atoms with Gasteiger partial charge in [0.05, 0.1) is 5.75 Å². The molecule has 2 rings (SSSR count). The number of alkyl halides is 1. The van der Waals surface area contributed by atoms with Gasteiger partial charge in [0.2, 0.25) is 0 Å². The van der Waals surface area contributed by atoms with E-state index in [0.29, 0.717) is 12.3 Å². The number of nitrogens with zero attached hydrogens (tertiary/aromatic N) is 2. The Balaban J connectivity index is 2.37. The van der Waals surface area contributed by atoms with E-state index in [1.807, 2.05) is 0 Å². The quantitative estimate of drug-likeness (QED) is 0.606. The molecule has 4 nitrogen and oxygen atoms in total. The molecule has 1 aliphatic carbocycles. The van der Waals surface area contributed by atoms with Crippen molar-refractivity contribution >= 4 is 21.4 Å². The Kier molecular flexibility index (Phi) is 3.44. The number of sulfone groups is 1. The number of hydrogen-bond acceptors (Lipinski definition) is 4. The van der Waals surface area contributed by atoms with E-state index in [1.165, 1.54) is 6.33 Å². The third-order valence-corrected chi connectivity index (χ3v) is 4.71. The summed E-state index contributed by atoms with van der Waals surface area (Å²) < 4.78 is 24.0. The van der Waals surface area contributed by atoms with Crippen molar-refractivity contribution in [3.8, 4) is 0 Å². The molecule has 88 valence electrons. The number of aryl methyl sites for hydroxylation is 1. The zero-order chi connectivity index (χ0) is 11.6. The summed E-state index contributed by atoms with van der Waals surface area (Å²) in [6.45, 7) is 0. The van der Waals surface area contributed by atoms with Crippen LogP contribution in [0, 0.1) is 0 Å². The van der Waals surface area contributed by atoms with E-state index in [4.69, 9.17) is 11.6 Å². The van der Waals surface area contributed by atoms with Crippen LogP contribution in [-0.2, 0) is 22.7 Å². The van der Waals surface area contributed by atoms with Crippen molar-refractivity contribution in [2.45, 2.75) is 30.7 Å². The molecule has 0 aromatic carbocycles. The molecule has 16 heavy (non-hydrogen) atoms. The topological polar surface area (TPSA) is 59.9 Å². The Morgan fingerprint density at radius 2 is 2.12 bits per heavy atom. The third kappa shape index (κ3) is 2.20. The lowest BCUT2D eigenvalue weighted by molar-refractivity contribution is 0.589. The van der Waals surface area contributed by atoms with E-state index in [-0.39, 0.29) is 10.8 Å². The van der Waals surface area contributed by atoms with Gasteiger partial charge in [-0.05, 0) is 25.7 Å². The third-order valence-electron chi connectivity index (χ3n) is 2.68. The smallest absolute Gasteiger partial charge is 0.196 e. The largest absolute Gasteiger partial charge is 0.241 e. The van der Waals surface area contributed by atoms with Crippen molar-refractivity contribution in [1.29, 1.82) is 0 Å². The lowest BCUT2D eigenvalue weighted by atomic mass is 10.3. The summed E-state index contributed by atoms with van der Waals surface area (Å²) in [7, 11) is -3.28.